The first-order valence-electron chi connectivity index (χ1n) is 6.02. The molecule has 0 aliphatic carbocycles. The van der Waals surface area contributed by atoms with Crippen molar-refractivity contribution < 1.29 is 9.13 Å². The molecule has 0 radical (unpaired) electrons. The molecule has 1 atom stereocenters. The largest absolute Gasteiger partial charge is 0.381 e. The maximum absolute atomic E-state index is 12.8. The van der Waals surface area contributed by atoms with Gasteiger partial charge in [-0.05, 0) is 36.0 Å². The fraction of sp³-hybridized carbons (Fsp3) is 0.571. The summed E-state index contributed by atoms with van der Waals surface area (Å²) in [5.41, 5.74) is 1.08. The molecule has 1 unspecified atom stereocenters. The van der Waals surface area contributed by atoms with Crippen molar-refractivity contribution in [2.24, 2.45) is 5.92 Å². The molecule has 0 N–H and O–H groups in total. The van der Waals surface area contributed by atoms with Gasteiger partial charge >= 0.3 is 0 Å². The highest BCUT2D eigenvalue weighted by molar-refractivity contribution is 6.18. The van der Waals surface area contributed by atoms with Crippen LogP contribution in [0.2, 0.25) is 0 Å². The Balaban J connectivity index is 2.40. The Morgan fingerprint density at radius 1 is 1.24 bits per heavy atom. The summed E-state index contributed by atoms with van der Waals surface area (Å²) in [6.45, 7) is 5.73. The van der Waals surface area contributed by atoms with Crippen LogP contribution in [0.5, 0.6) is 0 Å². The van der Waals surface area contributed by atoms with E-state index in [-0.39, 0.29) is 11.7 Å². The second-order valence-corrected chi connectivity index (χ2v) is 4.97. The van der Waals surface area contributed by atoms with Crippen molar-refractivity contribution in [3.8, 4) is 0 Å². The molecule has 0 aliphatic rings. The van der Waals surface area contributed by atoms with Gasteiger partial charge in [-0.2, -0.15) is 0 Å². The highest BCUT2D eigenvalue weighted by atomic mass is 35.5. The van der Waals surface area contributed by atoms with Crippen LogP contribution in [0.25, 0.3) is 0 Å². The summed E-state index contributed by atoms with van der Waals surface area (Å²) < 4.78 is 18.3. The third kappa shape index (κ3) is 5.51. The first-order chi connectivity index (χ1) is 8.13. The fourth-order valence-electron chi connectivity index (χ4n) is 1.61. The topological polar surface area (TPSA) is 9.23 Å². The summed E-state index contributed by atoms with van der Waals surface area (Å²) in [5.74, 6) is 1.12. The zero-order valence-corrected chi connectivity index (χ0v) is 11.2. The molecule has 0 spiro atoms. The van der Waals surface area contributed by atoms with Crippen molar-refractivity contribution in [3.63, 3.8) is 0 Å². The van der Waals surface area contributed by atoms with Gasteiger partial charge in [-0.3, -0.25) is 0 Å². The van der Waals surface area contributed by atoms with Crippen LogP contribution in [0.1, 0.15) is 31.7 Å². The summed E-state index contributed by atoms with van der Waals surface area (Å²) in [7, 11) is 0. The first kappa shape index (κ1) is 14.5. The molecule has 0 saturated carbocycles. The average Bonchev–Trinajstić information content (AvgIpc) is 2.30. The van der Waals surface area contributed by atoms with Crippen LogP contribution in [-0.4, -0.2) is 19.1 Å². The Hall–Kier alpha value is -0.600. The minimum Gasteiger partial charge on any atom is -0.381 e. The van der Waals surface area contributed by atoms with E-state index in [2.05, 4.69) is 13.8 Å². The van der Waals surface area contributed by atoms with E-state index in [0.717, 1.165) is 18.6 Å². The fourth-order valence-corrected chi connectivity index (χ4v) is 1.94. The van der Waals surface area contributed by atoms with Crippen LogP contribution in [0.15, 0.2) is 24.3 Å². The molecule has 1 aromatic carbocycles. The quantitative estimate of drug-likeness (QED) is 0.526. The third-order valence-corrected chi connectivity index (χ3v) is 2.96. The van der Waals surface area contributed by atoms with E-state index in [1.807, 2.05) is 0 Å². The van der Waals surface area contributed by atoms with E-state index in [9.17, 15) is 4.39 Å². The van der Waals surface area contributed by atoms with Gasteiger partial charge in [0.15, 0.2) is 0 Å². The second-order valence-electron chi connectivity index (χ2n) is 4.66. The number of hydrogen-bond donors (Lipinski definition) is 0. The van der Waals surface area contributed by atoms with E-state index in [1.165, 1.54) is 12.1 Å². The van der Waals surface area contributed by atoms with Crippen molar-refractivity contribution in [1.29, 1.82) is 0 Å². The molecule has 1 aromatic rings. The van der Waals surface area contributed by atoms with Gasteiger partial charge in [0, 0.05) is 19.1 Å². The highest BCUT2D eigenvalue weighted by Crippen LogP contribution is 2.21. The summed E-state index contributed by atoms with van der Waals surface area (Å²) in [6, 6.07) is 6.55. The number of ether oxygens (including phenoxy) is 1. The Bertz CT molecular complexity index is 311. The molecule has 0 heterocycles. The second kappa shape index (κ2) is 7.67. The molecule has 0 bridgehead atoms. The lowest BCUT2D eigenvalue weighted by molar-refractivity contribution is 0.105. The Morgan fingerprint density at radius 3 is 2.41 bits per heavy atom. The lowest BCUT2D eigenvalue weighted by Gasteiger charge is -2.15. The van der Waals surface area contributed by atoms with Crippen LogP contribution >= 0.6 is 11.6 Å². The predicted molar refractivity (Wildman–Crippen MR) is 70.1 cm³/mol. The number of benzene rings is 1. The molecular formula is C14H20ClFO. The van der Waals surface area contributed by atoms with Gasteiger partial charge < -0.3 is 4.74 Å². The number of alkyl halides is 1. The molecule has 0 amide bonds. The normalized spacial score (nSPS) is 13.0. The summed E-state index contributed by atoms with van der Waals surface area (Å²) in [5, 5.41) is 0. The third-order valence-electron chi connectivity index (χ3n) is 2.59. The average molecular weight is 259 g/mol. The van der Waals surface area contributed by atoms with Gasteiger partial charge in [0.2, 0.25) is 0 Å². The maximum Gasteiger partial charge on any atom is 0.123 e. The zero-order valence-electron chi connectivity index (χ0n) is 10.5. The zero-order chi connectivity index (χ0) is 12.7. The molecule has 1 rings (SSSR count). The van der Waals surface area contributed by atoms with Gasteiger partial charge in [0.05, 0.1) is 0 Å². The summed E-state index contributed by atoms with van der Waals surface area (Å²) >= 11 is 5.93. The van der Waals surface area contributed by atoms with Crippen LogP contribution in [-0.2, 0) is 4.74 Å². The van der Waals surface area contributed by atoms with Crippen LogP contribution < -0.4 is 0 Å². The molecule has 3 heteroatoms. The maximum atomic E-state index is 12.8. The molecule has 0 aromatic heterocycles. The minimum absolute atomic E-state index is 0.210. The smallest absolute Gasteiger partial charge is 0.123 e. The van der Waals surface area contributed by atoms with Gasteiger partial charge in [0.25, 0.3) is 0 Å². The summed E-state index contributed by atoms with van der Waals surface area (Å²) in [6.07, 6.45) is 0.877. The molecular weight excluding hydrogens is 239 g/mol. The lowest BCUT2D eigenvalue weighted by atomic mass is 9.98. The van der Waals surface area contributed by atoms with E-state index in [0.29, 0.717) is 18.4 Å². The highest BCUT2D eigenvalue weighted by Gasteiger charge is 2.10. The van der Waals surface area contributed by atoms with Gasteiger partial charge in [-0.1, -0.05) is 26.0 Å². The first-order valence-corrected chi connectivity index (χ1v) is 6.56. The number of halogens is 2. The van der Waals surface area contributed by atoms with Gasteiger partial charge in [-0.25, -0.2) is 4.39 Å². The molecule has 0 fully saturated rings. The van der Waals surface area contributed by atoms with Gasteiger partial charge in [0.1, 0.15) is 5.82 Å². The van der Waals surface area contributed by atoms with Crippen molar-refractivity contribution in [2.45, 2.75) is 26.2 Å². The molecule has 1 nitrogen and oxygen atoms in total. The van der Waals surface area contributed by atoms with Crippen LogP contribution in [0.3, 0.4) is 0 Å². The Morgan fingerprint density at radius 2 is 1.88 bits per heavy atom. The molecule has 96 valence electrons. The standard InChI is InChI=1S/C14H20ClFO/c1-11(2)10-17-8-7-13(9-15)12-3-5-14(16)6-4-12/h3-6,11,13H,7-10H2,1-2H3. The minimum atomic E-state index is -0.210. The van der Waals surface area contributed by atoms with Crippen LogP contribution in [0, 0.1) is 11.7 Å². The Kier molecular flexibility index (Phi) is 6.53. The van der Waals surface area contributed by atoms with E-state index in [4.69, 9.17) is 16.3 Å². The van der Waals surface area contributed by atoms with E-state index >= 15 is 0 Å². The molecule has 17 heavy (non-hydrogen) atoms. The van der Waals surface area contributed by atoms with E-state index < -0.39 is 0 Å². The molecule has 0 aliphatic heterocycles. The predicted octanol–water partition coefficient (Wildman–Crippen LogP) is 4.21. The van der Waals surface area contributed by atoms with Crippen molar-refractivity contribution in [3.05, 3.63) is 35.6 Å². The van der Waals surface area contributed by atoms with Crippen molar-refractivity contribution >= 4 is 11.6 Å². The Labute approximate surface area is 108 Å². The molecule has 0 saturated heterocycles. The monoisotopic (exact) mass is 258 g/mol. The lowest BCUT2D eigenvalue weighted by Crippen LogP contribution is -2.08. The van der Waals surface area contributed by atoms with Crippen molar-refractivity contribution in [2.75, 3.05) is 19.1 Å². The van der Waals surface area contributed by atoms with Crippen molar-refractivity contribution in [1.82, 2.24) is 0 Å². The number of rotatable bonds is 7. The SMILES string of the molecule is CC(C)COCCC(CCl)c1ccc(F)cc1. The summed E-state index contributed by atoms with van der Waals surface area (Å²) in [4.78, 5) is 0. The number of hydrogen-bond acceptors (Lipinski definition) is 1. The van der Waals surface area contributed by atoms with Gasteiger partial charge in [-0.15, -0.1) is 11.6 Å². The van der Waals surface area contributed by atoms with Crippen LogP contribution in [0.4, 0.5) is 4.39 Å². The van der Waals surface area contributed by atoms with E-state index in [1.54, 1.807) is 12.1 Å².